The summed E-state index contributed by atoms with van der Waals surface area (Å²) in [6, 6.07) is 5.64. The molecule has 0 saturated carbocycles. The average molecular weight is 1190 g/mol. The van der Waals surface area contributed by atoms with Gasteiger partial charge in [0.1, 0.15) is 42.2 Å². The second-order valence-corrected chi connectivity index (χ2v) is 21.2. The number of aromatic nitrogens is 2. The van der Waals surface area contributed by atoms with E-state index in [9.17, 15) is 70.9 Å². The third kappa shape index (κ3) is 21.3. The number of carbonyl (C=O) groups excluding carboxylic acids is 8. The number of rotatable bonds is 30. The Morgan fingerprint density at radius 2 is 1.43 bits per heavy atom. The molecule has 4 rings (SSSR count). The van der Waals surface area contributed by atoms with Gasteiger partial charge in [0, 0.05) is 62.9 Å². The van der Waals surface area contributed by atoms with E-state index < -0.39 is 138 Å². The summed E-state index contributed by atoms with van der Waals surface area (Å²) in [4.78, 5) is 135. The van der Waals surface area contributed by atoms with Crippen molar-refractivity contribution in [3.63, 3.8) is 0 Å². The van der Waals surface area contributed by atoms with Gasteiger partial charge in [0.05, 0.1) is 17.8 Å². The Bertz CT molecular complexity index is 2810. The highest BCUT2D eigenvalue weighted by Gasteiger charge is 2.41. The normalized spacial score (nSPS) is 14.2. The van der Waals surface area contributed by atoms with Gasteiger partial charge in [-0.25, -0.2) is 23.4 Å². The van der Waals surface area contributed by atoms with Gasteiger partial charge in [0.15, 0.2) is 0 Å². The Morgan fingerprint density at radius 1 is 0.798 bits per heavy atom. The van der Waals surface area contributed by atoms with Crippen LogP contribution in [0.5, 0.6) is 0 Å². The molecule has 1 aliphatic heterocycles. The number of aliphatic hydroxyl groups is 1. The zero-order valence-electron chi connectivity index (χ0n) is 47.6. The summed E-state index contributed by atoms with van der Waals surface area (Å²) in [7, 11) is 0. The molecule has 5 atom stereocenters. The Labute approximate surface area is 482 Å². The molecule has 0 spiro atoms. The first-order valence-electron chi connectivity index (χ1n) is 27.1. The summed E-state index contributed by atoms with van der Waals surface area (Å²) in [6.45, 7) is 9.09. The van der Waals surface area contributed by atoms with E-state index in [0.717, 1.165) is 28.7 Å². The van der Waals surface area contributed by atoms with Crippen LogP contribution in [0.15, 0.2) is 66.9 Å². The monoisotopic (exact) mass is 1190 g/mol. The molecule has 0 radical (unpaired) electrons. The molecule has 8 amide bonds. The molecule has 1 aromatic heterocycles. The van der Waals surface area contributed by atoms with E-state index in [4.69, 9.17) is 26.4 Å². The fourth-order valence-electron chi connectivity index (χ4n) is 8.85. The average Bonchev–Trinajstić information content (AvgIpc) is 1.94. The van der Waals surface area contributed by atoms with E-state index in [0.29, 0.717) is 30.6 Å². The molecule has 0 saturated heterocycles. The van der Waals surface area contributed by atoms with Crippen LogP contribution in [0, 0.1) is 23.0 Å². The molecular weight excluding hydrogens is 1120 g/mol. The maximum Gasteiger partial charge on any atom is 0.490 e. The molecule has 0 bridgehead atoms. The van der Waals surface area contributed by atoms with Crippen LogP contribution in [0.25, 0.3) is 11.3 Å². The molecule has 462 valence electrons. The number of carboxylic acids is 2. The van der Waals surface area contributed by atoms with Crippen LogP contribution >= 0.6 is 0 Å². The second-order valence-electron chi connectivity index (χ2n) is 21.2. The van der Waals surface area contributed by atoms with E-state index in [1.165, 1.54) is 24.0 Å². The van der Waals surface area contributed by atoms with Crippen LogP contribution < -0.4 is 27.4 Å². The number of imidazole rings is 1. The zero-order valence-corrected chi connectivity index (χ0v) is 47.6. The van der Waals surface area contributed by atoms with E-state index in [2.05, 4.69) is 16.0 Å². The van der Waals surface area contributed by atoms with Crippen molar-refractivity contribution in [1.29, 1.82) is 0 Å². The predicted molar refractivity (Wildman–Crippen MR) is 293 cm³/mol. The lowest BCUT2D eigenvalue weighted by Gasteiger charge is -2.40. The standard InChI is InChI=1S/C54H74F2N10O11.C2HF3O2/c1-33(2)47(62-42(68)18-11-8-14-27-64-43(69)21-22-44(64)70)51(74)60-34(3)52(75)66(41(53(76)77)17-12-13-25-57)45(71)23-26-59-50(73)39(58)24-28-65(46(72)32-67)48(54(4,5)6)49-61-40(37-29-36(55)19-20-38(37)56)31-63(49)30-35-15-9-7-10-16-35;3-2(4,5)1(6)7/h7,9-10,15-16,19-22,29,31,33-34,39,41,47-48,67H,8,11-14,17-18,23-28,30,32,57-58H2,1-6H3,(H,59,73)(H,60,74)(H,62,68)(H,76,77);(H,6,7)/t34-,39-,41-,47-,48-;/m0./s1. The number of nitrogens with two attached hydrogens (primary N) is 2. The Kier molecular flexibility index (Phi) is 27.4. The van der Waals surface area contributed by atoms with Crippen molar-refractivity contribution in [3.8, 4) is 11.3 Å². The number of nitrogens with zero attached hydrogens (tertiary/aromatic N) is 5. The van der Waals surface area contributed by atoms with Crippen molar-refractivity contribution in [2.45, 2.75) is 142 Å². The predicted octanol–water partition coefficient (Wildman–Crippen LogP) is 3.71. The third-order valence-electron chi connectivity index (χ3n) is 13.2. The van der Waals surface area contributed by atoms with Gasteiger partial charge in [-0.1, -0.05) is 71.4 Å². The lowest BCUT2D eigenvalue weighted by Crippen LogP contribution is -2.58. The molecular formula is C56H75F5N10O13. The lowest BCUT2D eigenvalue weighted by molar-refractivity contribution is -0.192. The molecule has 2 aromatic carbocycles. The topological polar surface area (TPSA) is 347 Å². The van der Waals surface area contributed by atoms with Crippen LogP contribution in [-0.4, -0.2) is 162 Å². The fourth-order valence-corrected chi connectivity index (χ4v) is 8.85. The molecule has 10 N–H and O–H groups in total. The number of carbonyl (C=O) groups is 10. The van der Waals surface area contributed by atoms with Crippen LogP contribution in [0.2, 0.25) is 0 Å². The van der Waals surface area contributed by atoms with Gasteiger partial charge < -0.3 is 52.2 Å². The molecule has 3 aromatic rings. The summed E-state index contributed by atoms with van der Waals surface area (Å²) in [6.07, 6.45) is -0.137. The van der Waals surface area contributed by atoms with Gasteiger partial charge in [-0.15, -0.1) is 0 Å². The first kappa shape index (κ1) is 70.3. The Morgan fingerprint density at radius 3 is 1.99 bits per heavy atom. The first-order chi connectivity index (χ1) is 39.3. The zero-order chi connectivity index (χ0) is 63.2. The SMILES string of the molecule is CC(C)[C@H](NC(=O)CCCCCN1C(=O)C=CC1=O)C(=O)N[C@@H](C)C(=O)N(C(=O)CCNC(=O)[C@@H](N)CCN(C(=O)CO)[C@@H](c1nc(-c2cc(F)ccc2F)cn1Cc1ccccc1)C(C)(C)C)[C@@H](CCCCN)C(=O)O.O=C(O)C(F)(F)F. The third-order valence-corrected chi connectivity index (χ3v) is 13.2. The highest BCUT2D eigenvalue weighted by molar-refractivity contribution is 6.12. The van der Waals surface area contributed by atoms with Gasteiger partial charge in [0.2, 0.25) is 29.5 Å². The number of halogens is 5. The number of amides is 8. The van der Waals surface area contributed by atoms with Crippen molar-refractivity contribution < 1.29 is 85.2 Å². The first-order valence-corrected chi connectivity index (χ1v) is 27.1. The van der Waals surface area contributed by atoms with Gasteiger partial charge in [-0.05, 0) is 87.1 Å². The molecule has 1 aliphatic rings. The summed E-state index contributed by atoms with van der Waals surface area (Å²) >= 11 is 0. The molecule has 0 fully saturated rings. The Balaban J connectivity index is 0.00000247. The fraction of sp³-hybridized carbons (Fsp3) is 0.518. The number of hydrogen-bond acceptors (Lipinski definition) is 14. The minimum Gasteiger partial charge on any atom is -0.480 e. The molecule has 0 unspecified atom stereocenters. The maximum absolute atomic E-state index is 15.2. The van der Waals surface area contributed by atoms with Crippen molar-refractivity contribution >= 4 is 59.2 Å². The highest BCUT2D eigenvalue weighted by atomic mass is 19.4. The van der Waals surface area contributed by atoms with E-state index in [-0.39, 0.29) is 68.9 Å². The van der Waals surface area contributed by atoms with Gasteiger partial charge in [0.25, 0.3) is 17.7 Å². The van der Waals surface area contributed by atoms with Crippen LogP contribution in [0.3, 0.4) is 0 Å². The minimum absolute atomic E-state index is 0.0190. The molecule has 28 heteroatoms. The number of unbranched alkanes of at least 4 members (excludes halogenated alkanes) is 3. The number of alkyl halides is 3. The number of imide groups is 2. The van der Waals surface area contributed by atoms with Crippen molar-refractivity contribution in [1.82, 2.24) is 40.2 Å². The van der Waals surface area contributed by atoms with E-state index in [1.54, 1.807) is 24.6 Å². The van der Waals surface area contributed by atoms with E-state index >= 15 is 4.39 Å². The van der Waals surface area contributed by atoms with Gasteiger partial charge >= 0.3 is 18.1 Å². The molecule has 2 heterocycles. The largest absolute Gasteiger partial charge is 0.490 e. The summed E-state index contributed by atoms with van der Waals surface area (Å²) in [5, 5.41) is 35.4. The molecule has 23 nitrogen and oxygen atoms in total. The summed E-state index contributed by atoms with van der Waals surface area (Å²) < 4.78 is 63.1. The second kappa shape index (κ2) is 32.8. The smallest absolute Gasteiger partial charge is 0.480 e. The van der Waals surface area contributed by atoms with Gasteiger partial charge in [-0.3, -0.25) is 48.2 Å². The number of carboxylic acid groups (broad SMARTS) is 2. The van der Waals surface area contributed by atoms with Crippen LogP contribution in [0.4, 0.5) is 22.0 Å². The van der Waals surface area contributed by atoms with Gasteiger partial charge in [-0.2, -0.15) is 13.2 Å². The van der Waals surface area contributed by atoms with E-state index in [1.807, 2.05) is 51.1 Å². The lowest BCUT2D eigenvalue weighted by atomic mass is 9.84. The number of nitrogens with one attached hydrogen (secondary N) is 3. The highest BCUT2D eigenvalue weighted by Crippen LogP contribution is 2.40. The number of benzene rings is 2. The molecule has 0 aliphatic carbocycles. The number of aliphatic hydroxyl groups excluding tert-OH is 1. The number of hydrogen-bond donors (Lipinski definition) is 8. The summed E-state index contributed by atoms with van der Waals surface area (Å²) in [5.41, 5.74) is 12.0. The number of aliphatic carboxylic acids is 2. The van der Waals surface area contributed by atoms with Crippen molar-refractivity contribution in [2.75, 3.05) is 32.8 Å². The van der Waals surface area contributed by atoms with Crippen LogP contribution in [-0.2, 0) is 54.5 Å². The van der Waals surface area contributed by atoms with Crippen molar-refractivity contribution in [2.24, 2.45) is 22.8 Å². The quantitative estimate of drug-likeness (QED) is 0.0268. The van der Waals surface area contributed by atoms with Crippen molar-refractivity contribution in [3.05, 3.63) is 89.9 Å². The maximum atomic E-state index is 15.2. The van der Waals surface area contributed by atoms with Crippen LogP contribution in [0.1, 0.15) is 117 Å². The summed E-state index contributed by atoms with van der Waals surface area (Å²) in [5.74, 6) is -11.5. The minimum atomic E-state index is -5.08. The Hall–Kier alpha value is -7.98. The molecule has 84 heavy (non-hydrogen) atoms.